The molecule has 7 heteroatoms. The summed E-state index contributed by atoms with van der Waals surface area (Å²) in [6.45, 7) is 4.24. The van der Waals surface area contributed by atoms with Crippen molar-refractivity contribution in [3.8, 4) is 5.69 Å². The van der Waals surface area contributed by atoms with E-state index >= 15 is 0 Å². The van der Waals surface area contributed by atoms with Crippen LogP contribution in [0.15, 0.2) is 60.9 Å². The van der Waals surface area contributed by atoms with Crippen LogP contribution in [0.4, 0.5) is 0 Å². The summed E-state index contributed by atoms with van der Waals surface area (Å²) >= 11 is 0. The first kappa shape index (κ1) is 22.7. The smallest absolute Gasteiger partial charge is 1.00 e. The van der Waals surface area contributed by atoms with E-state index in [1.54, 1.807) is 11.0 Å². The predicted octanol–water partition coefficient (Wildman–Crippen LogP) is -2.44. The Balaban J connectivity index is 0.000000463. The zero-order chi connectivity index (χ0) is 14.7. The van der Waals surface area contributed by atoms with Crippen LogP contribution in [0.3, 0.4) is 0 Å². The summed E-state index contributed by atoms with van der Waals surface area (Å²) in [5.41, 5.74) is 3.77. The number of hydrogen-bond donors (Lipinski definition) is 0. The van der Waals surface area contributed by atoms with Gasteiger partial charge in [0, 0.05) is 0 Å². The number of benzene rings is 1. The maximum absolute atomic E-state index is 3.84. The molecule has 0 aliphatic carbocycles. The van der Waals surface area contributed by atoms with E-state index in [4.69, 9.17) is 0 Å². The summed E-state index contributed by atoms with van der Waals surface area (Å²) in [7, 11) is 0. The summed E-state index contributed by atoms with van der Waals surface area (Å²) in [4.78, 5) is 0. The van der Waals surface area contributed by atoms with Crippen molar-refractivity contribution < 1.29 is 50.7 Å². The van der Waals surface area contributed by atoms with Crippen LogP contribution in [0.5, 0.6) is 0 Å². The average Bonchev–Trinajstić information content (AvgIpc) is 3.21. The van der Waals surface area contributed by atoms with Crippen LogP contribution in [0.2, 0.25) is 0 Å². The minimum Gasteiger partial charge on any atom is -1.00 e. The van der Waals surface area contributed by atoms with Crippen LogP contribution >= 0.6 is 0 Å². The van der Waals surface area contributed by atoms with Crippen molar-refractivity contribution in [3.05, 3.63) is 72.1 Å². The van der Waals surface area contributed by atoms with Gasteiger partial charge in [-0.25, -0.2) is 16.8 Å². The Morgan fingerprint density at radius 3 is 2.33 bits per heavy atom. The normalized spacial score (nSPS) is 9.08. The molecule has 0 bridgehead atoms. The maximum atomic E-state index is 3.84. The molecule has 0 radical (unpaired) electrons. The molecular formula is C17H16Cl2HfN4. The predicted molar refractivity (Wildman–Crippen MR) is 83.8 cm³/mol. The quantitative estimate of drug-likeness (QED) is 0.205. The Hall–Kier alpha value is -1.30. The Kier molecular flexibility index (Phi) is 9.97. The van der Waals surface area contributed by atoms with Gasteiger partial charge in [0.1, 0.15) is 6.33 Å². The number of tetrazole rings is 1. The first-order chi connectivity index (χ1) is 10.2. The molecule has 0 aliphatic rings. The van der Waals surface area contributed by atoms with Crippen LogP contribution in [0.25, 0.3) is 16.5 Å². The summed E-state index contributed by atoms with van der Waals surface area (Å²) in [5, 5.41) is 13.5. The van der Waals surface area contributed by atoms with Crippen molar-refractivity contribution in [1.29, 1.82) is 0 Å². The molecule has 0 N–H and O–H groups in total. The van der Waals surface area contributed by atoms with E-state index in [0.29, 0.717) is 0 Å². The third-order valence-corrected chi connectivity index (χ3v) is 3.53. The Labute approximate surface area is 172 Å². The van der Waals surface area contributed by atoms with Gasteiger partial charge < -0.3 is 24.8 Å². The summed E-state index contributed by atoms with van der Waals surface area (Å²) in [5.74, 6) is 0. The van der Waals surface area contributed by atoms with Crippen LogP contribution in [0.1, 0.15) is 11.1 Å². The van der Waals surface area contributed by atoms with E-state index in [-0.39, 0.29) is 50.7 Å². The molecule has 4 nitrogen and oxygen atoms in total. The molecule has 1 heterocycles. The van der Waals surface area contributed by atoms with E-state index in [1.807, 2.05) is 12.1 Å². The van der Waals surface area contributed by atoms with E-state index in [0.717, 1.165) is 5.69 Å². The molecule has 122 valence electrons. The van der Waals surface area contributed by atoms with E-state index in [2.05, 4.69) is 71.8 Å². The Bertz CT molecular complexity index is 788. The molecule has 0 atom stereocenters. The number of halogens is 2. The van der Waals surface area contributed by atoms with E-state index < -0.39 is 0 Å². The maximum Gasteiger partial charge on any atom is 4.00 e. The zero-order valence-electron chi connectivity index (χ0n) is 13.3. The van der Waals surface area contributed by atoms with Crippen molar-refractivity contribution in [2.75, 3.05) is 0 Å². The molecule has 0 saturated heterocycles. The van der Waals surface area contributed by atoms with Crippen molar-refractivity contribution >= 4 is 10.8 Å². The second-order valence-electron chi connectivity index (χ2n) is 4.99. The van der Waals surface area contributed by atoms with Crippen LogP contribution < -0.4 is 24.8 Å². The van der Waals surface area contributed by atoms with Gasteiger partial charge in [-0.2, -0.15) is 17.2 Å². The number of hydrogen-bond acceptors (Lipinski definition) is 3. The van der Waals surface area contributed by atoms with Crippen LogP contribution in [0, 0.1) is 13.8 Å². The SMILES string of the molecule is Cc1ccc[c-]1C.[Cl-].[Cl-].[Hf+4].c1ccc2[cH-]c(-n3cnnn3)cc2c1. The van der Waals surface area contributed by atoms with Gasteiger partial charge in [0.25, 0.3) is 0 Å². The zero-order valence-corrected chi connectivity index (χ0v) is 18.4. The summed E-state index contributed by atoms with van der Waals surface area (Å²) < 4.78 is 1.65. The first-order valence-corrected chi connectivity index (χ1v) is 6.82. The van der Waals surface area contributed by atoms with Gasteiger partial charge in [-0.15, -0.1) is 46.2 Å². The molecule has 3 aromatic carbocycles. The number of aryl methyl sites for hydroxylation is 2. The minimum atomic E-state index is 0. The summed E-state index contributed by atoms with van der Waals surface area (Å²) in [6, 6.07) is 18.6. The molecular weight excluding hydrogens is 510 g/mol. The van der Waals surface area contributed by atoms with Crippen LogP contribution in [-0.2, 0) is 25.8 Å². The van der Waals surface area contributed by atoms with Gasteiger partial charge in [0.05, 0.1) is 0 Å². The second kappa shape index (κ2) is 10.5. The van der Waals surface area contributed by atoms with Gasteiger partial charge in [-0.3, -0.25) is 0 Å². The van der Waals surface area contributed by atoms with Gasteiger partial charge >= 0.3 is 25.8 Å². The standard InChI is InChI=1S/C10H7N4.C7H9.2ClH.Hf/c1-2-4-9-6-10(5-8(9)3-1)14-7-11-12-13-14;1-6-4-3-5-7(6)2;;;/h1-7H;3-5H,1-2H3;2*1H;/q2*-1;;;+4/p-2. The molecule has 0 aliphatic heterocycles. The third kappa shape index (κ3) is 5.36. The van der Waals surface area contributed by atoms with Crippen molar-refractivity contribution in [3.63, 3.8) is 0 Å². The largest absolute Gasteiger partial charge is 4.00 e. The fraction of sp³-hybridized carbons (Fsp3) is 0.118. The summed E-state index contributed by atoms with van der Waals surface area (Å²) in [6.07, 6.45) is 1.59. The molecule has 1 aromatic heterocycles. The third-order valence-electron chi connectivity index (χ3n) is 3.53. The molecule has 0 fully saturated rings. The topological polar surface area (TPSA) is 43.6 Å². The van der Waals surface area contributed by atoms with Gasteiger partial charge in [0.2, 0.25) is 0 Å². The first-order valence-electron chi connectivity index (χ1n) is 6.82. The number of aromatic nitrogens is 4. The molecule has 0 saturated carbocycles. The number of nitrogens with zero attached hydrogens (tertiary/aromatic N) is 4. The van der Waals surface area contributed by atoms with Gasteiger partial charge in [-0.05, 0) is 16.1 Å². The van der Waals surface area contributed by atoms with Crippen molar-refractivity contribution in [1.82, 2.24) is 20.2 Å². The second-order valence-corrected chi connectivity index (χ2v) is 4.99. The fourth-order valence-corrected chi connectivity index (χ4v) is 2.15. The molecule has 24 heavy (non-hydrogen) atoms. The molecule has 0 amide bonds. The Morgan fingerprint density at radius 1 is 1.08 bits per heavy atom. The average molecular weight is 526 g/mol. The van der Waals surface area contributed by atoms with E-state index in [9.17, 15) is 0 Å². The molecule has 4 rings (SSSR count). The number of fused-ring (bicyclic) bond motifs is 1. The van der Waals surface area contributed by atoms with Crippen LogP contribution in [-0.4, -0.2) is 20.2 Å². The Morgan fingerprint density at radius 2 is 1.83 bits per heavy atom. The monoisotopic (exact) mass is 526 g/mol. The van der Waals surface area contributed by atoms with Gasteiger partial charge in [-0.1, -0.05) is 19.9 Å². The molecule has 0 unspecified atom stereocenters. The van der Waals surface area contributed by atoms with Crippen molar-refractivity contribution in [2.24, 2.45) is 0 Å². The number of rotatable bonds is 1. The van der Waals surface area contributed by atoms with Crippen molar-refractivity contribution in [2.45, 2.75) is 13.8 Å². The van der Waals surface area contributed by atoms with Gasteiger partial charge in [0.15, 0.2) is 0 Å². The molecule has 4 aromatic rings. The minimum absolute atomic E-state index is 0. The fourth-order valence-electron chi connectivity index (χ4n) is 2.15. The molecule has 0 spiro atoms. The van der Waals surface area contributed by atoms with E-state index in [1.165, 1.54) is 21.9 Å².